The Morgan fingerprint density at radius 1 is 0.865 bits per heavy atom. The second-order valence-electron chi connectivity index (χ2n) is 8.98. The highest BCUT2D eigenvalue weighted by Crippen LogP contribution is 2.39. The Labute approximate surface area is 215 Å². The van der Waals surface area contributed by atoms with Crippen LogP contribution < -0.4 is 20.1 Å². The lowest BCUT2D eigenvalue weighted by Gasteiger charge is -2.23. The van der Waals surface area contributed by atoms with Crippen LogP contribution in [0.25, 0.3) is 10.8 Å². The maximum atomic E-state index is 13.6. The number of rotatable bonds is 7. The van der Waals surface area contributed by atoms with Crippen molar-refractivity contribution in [3.8, 4) is 0 Å². The summed E-state index contributed by atoms with van der Waals surface area (Å²) in [4.78, 5) is 28.3. The number of nitrogens with one attached hydrogen (secondary N) is 2. The van der Waals surface area contributed by atoms with Crippen molar-refractivity contribution >= 4 is 44.0 Å². The smallest absolute Gasteiger partial charge is 0.262 e. The highest BCUT2D eigenvalue weighted by atomic mass is 32.2. The van der Waals surface area contributed by atoms with E-state index < -0.39 is 27.8 Å². The molecule has 1 fully saturated rings. The van der Waals surface area contributed by atoms with Gasteiger partial charge in [0, 0.05) is 37.1 Å². The molecule has 5 rings (SSSR count). The molecule has 0 spiro atoms. The number of amides is 2. The fourth-order valence-electron chi connectivity index (χ4n) is 4.58. The van der Waals surface area contributed by atoms with Crippen LogP contribution in [0.4, 0.5) is 11.4 Å². The van der Waals surface area contributed by atoms with E-state index in [0.717, 1.165) is 16.3 Å². The van der Waals surface area contributed by atoms with Crippen molar-refractivity contribution in [1.82, 2.24) is 10.1 Å². The summed E-state index contributed by atoms with van der Waals surface area (Å²) in [6.45, 7) is 0.109. The molecule has 188 valence electrons. The number of hydrazine groups is 1. The van der Waals surface area contributed by atoms with Crippen molar-refractivity contribution < 1.29 is 18.0 Å². The van der Waals surface area contributed by atoms with Gasteiger partial charge < -0.3 is 4.90 Å². The van der Waals surface area contributed by atoms with Gasteiger partial charge in [-0.3, -0.25) is 15.0 Å². The van der Waals surface area contributed by atoms with Crippen molar-refractivity contribution in [3.05, 3.63) is 102 Å². The monoisotopic (exact) mass is 514 g/mol. The van der Waals surface area contributed by atoms with Gasteiger partial charge >= 0.3 is 0 Å². The molecule has 2 N–H and O–H groups in total. The van der Waals surface area contributed by atoms with E-state index in [0.29, 0.717) is 16.3 Å². The Bertz CT molecular complexity index is 1590. The van der Waals surface area contributed by atoms with Crippen molar-refractivity contribution in [2.24, 2.45) is 0 Å². The summed E-state index contributed by atoms with van der Waals surface area (Å²) in [5.74, 6) is -1.96. The maximum Gasteiger partial charge on any atom is 0.262 e. The standard InChI is InChI=1S/C28H26N4O4S/c1-31(2)22-16-17-23(32-28(34)25(27(33)30-32)20-12-7-4-8-13-20)26-21(22)14-9-15-24(26)37(35,36)29-18-19-10-5-3-6-11-19/h3-17,25,29H,18H2,1-2H3,(H,30,33). The molecular weight excluding hydrogens is 488 g/mol. The summed E-state index contributed by atoms with van der Waals surface area (Å²) >= 11 is 0. The molecule has 1 unspecified atom stereocenters. The average molecular weight is 515 g/mol. The predicted octanol–water partition coefficient (Wildman–Crippen LogP) is 3.55. The van der Waals surface area contributed by atoms with Gasteiger partial charge in [-0.05, 0) is 29.3 Å². The van der Waals surface area contributed by atoms with Gasteiger partial charge in [0.05, 0.1) is 10.6 Å². The number of benzene rings is 4. The number of anilines is 2. The van der Waals surface area contributed by atoms with E-state index >= 15 is 0 Å². The largest absolute Gasteiger partial charge is 0.377 e. The third kappa shape index (κ3) is 4.54. The highest BCUT2D eigenvalue weighted by molar-refractivity contribution is 7.89. The van der Waals surface area contributed by atoms with Crippen LogP contribution in [0.2, 0.25) is 0 Å². The number of nitrogens with zero attached hydrogens (tertiary/aromatic N) is 2. The zero-order valence-electron chi connectivity index (χ0n) is 20.4. The number of sulfonamides is 1. The van der Waals surface area contributed by atoms with Crippen LogP contribution in [-0.2, 0) is 26.2 Å². The third-order valence-corrected chi connectivity index (χ3v) is 7.81. The summed E-state index contributed by atoms with van der Waals surface area (Å²) < 4.78 is 29.8. The molecule has 0 saturated carbocycles. The van der Waals surface area contributed by atoms with E-state index in [-0.39, 0.29) is 17.1 Å². The second kappa shape index (κ2) is 9.68. The van der Waals surface area contributed by atoms with Crippen molar-refractivity contribution in [2.45, 2.75) is 17.4 Å². The van der Waals surface area contributed by atoms with Gasteiger partial charge in [0.25, 0.3) is 11.8 Å². The van der Waals surface area contributed by atoms with Gasteiger partial charge in [-0.2, -0.15) is 0 Å². The minimum atomic E-state index is -4.00. The Morgan fingerprint density at radius 2 is 1.54 bits per heavy atom. The SMILES string of the molecule is CN(C)c1ccc(N2NC(=O)C(c3ccccc3)C2=O)c2c(S(=O)(=O)NCc3ccccc3)cccc12. The zero-order chi connectivity index (χ0) is 26.2. The molecular formula is C28H26N4O4S. The van der Waals surface area contributed by atoms with Crippen molar-refractivity contribution in [3.63, 3.8) is 0 Å². The molecule has 4 aromatic rings. The van der Waals surface area contributed by atoms with Crippen LogP contribution in [0.3, 0.4) is 0 Å². The van der Waals surface area contributed by atoms with Gasteiger partial charge in [-0.1, -0.05) is 72.8 Å². The van der Waals surface area contributed by atoms with E-state index in [4.69, 9.17) is 0 Å². The minimum absolute atomic E-state index is 0.0184. The van der Waals surface area contributed by atoms with Crippen LogP contribution in [0, 0.1) is 0 Å². The van der Waals surface area contributed by atoms with E-state index in [9.17, 15) is 18.0 Å². The van der Waals surface area contributed by atoms with Crippen LogP contribution >= 0.6 is 0 Å². The maximum absolute atomic E-state index is 13.6. The summed E-state index contributed by atoms with van der Waals surface area (Å²) in [5.41, 5.74) is 5.11. The lowest BCUT2D eigenvalue weighted by atomic mass is 9.98. The minimum Gasteiger partial charge on any atom is -0.377 e. The second-order valence-corrected chi connectivity index (χ2v) is 10.7. The molecule has 1 aliphatic rings. The molecule has 0 radical (unpaired) electrons. The number of carbonyl (C=O) groups is 2. The van der Waals surface area contributed by atoms with Crippen molar-refractivity contribution in [2.75, 3.05) is 24.0 Å². The van der Waals surface area contributed by atoms with E-state index in [1.165, 1.54) is 6.07 Å². The van der Waals surface area contributed by atoms with E-state index in [1.54, 1.807) is 48.5 Å². The number of hydrogen-bond donors (Lipinski definition) is 2. The first kappa shape index (κ1) is 24.5. The summed E-state index contributed by atoms with van der Waals surface area (Å²) in [6, 6.07) is 26.5. The molecule has 0 aromatic heterocycles. The van der Waals surface area contributed by atoms with Gasteiger partial charge in [0.15, 0.2) is 0 Å². The summed E-state index contributed by atoms with van der Waals surface area (Å²) in [5, 5.41) is 2.14. The normalized spacial score (nSPS) is 15.7. The predicted molar refractivity (Wildman–Crippen MR) is 144 cm³/mol. The van der Waals surface area contributed by atoms with Gasteiger partial charge in [-0.15, -0.1) is 0 Å². The fraction of sp³-hybridized carbons (Fsp3) is 0.143. The molecule has 1 heterocycles. The Kier molecular flexibility index (Phi) is 6.41. The topological polar surface area (TPSA) is 98.8 Å². The lowest BCUT2D eigenvalue weighted by molar-refractivity contribution is -0.124. The molecule has 1 aliphatic heterocycles. The number of carbonyl (C=O) groups excluding carboxylic acids is 2. The van der Waals surface area contributed by atoms with E-state index in [1.807, 2.05) is 55.4 Å². The molecule has 4 aromatic carbocycles. The van der Waals surface area contributed by atoms with E-state index in [2.05, 4.69) is 10.1 Å². The number of fused-ring (bicyclic) bond motifs is 1. The van der Waals surface area contributed by atoms with Gasteiger partial charge in [0.1, 0.15) is 5.92 Å². The Balaban J connectivity index is 1.63. The molecule has 1 atom stereocenters. The number of hydrogen-bond acceptors (Lipinski definition) is 5. The molecule has 9 heteroatoms. The lowest BCUT2D eigenvalue weighted by Crippen LogP contribution is -2.36. The molecule has 1 saturated heterocycles. The summed E-state index contributed by atoms with van der Waals surface area (Å²) in [7, 11) is -0.278. The molecule has 0 bridgehead atoms. The molecule has 0 aliphatic carbocycles. The quantitative estimate of drug-likeness (QED) is 0.368. The van der Waals surface area contributed by atoms with Gasteiger partial charge in [-0.25, -0.2) is 18.1 Å². The molecule has 8 nitrogen and oxygen atoms in total. The molecule has 2 amide bonds. The van der Waals surface area contributed by atoms with Crippen LogP contribution in [-0.4, -0.2) is 34.3 Å². The van der Waals surface area contributed by atoms with Crippen LogP contribution in [0.5, 0.6) is 0 Å². The third-order valence-electron chi connectivity index (χ3n) is 6.36. The first-order valence-corrected chi connectivity index (χ1v) is 13.2. The highest BCUT2D eigenvalue weighted by Gasteiger charge is 2.42. The Morgan fingerprint density at radius 3 is 2.22 bits per heavy atom. The van der Waals surface area contributed by atoms with Crippen LogP contribution in [0.1, 0.15) is 17.0 Å². The van der Waals surface area contributed by atoms with Crippen molar-refractivity contribution in [1.29, 1.82) is 0 Å². The average Bonchev–Trinajstić information content (AvgIpc) is 3.20. The first-order chi connectivity index (χ1) is 17.8. The molecule has 37 heavy (non-hydrogen) atoms. The first-order valence-electron chi connectivity index (χ1n) is 11.7. The summed E-state index contributed by atoms with van der Waals surface area (Å²) in [6.07, 6.45) is 0. The van der Waals surface area contributed by atoms with Gasteiger partial charge in [0.2, 0.25) is 10.0 Å². The van der Waals surface area contributed by atoms with Crippen LogP contribution in [0.15, 0.2) is 95.9 Å². The Hall–Kier alpha value is -4.21. The fourth-order valence-corrected chi connectivity index (χ4v) is 5.83. The zero-order valence-corrected chi connectivity index (χ0v) is 21.2.